The van der Waals surface area contributed by atoms with Gasteiger partial charge in [-0.15, -0.1) is 0 Å². The highest BCUT2D eigenvalue weighted by Gasteiger charge is 2.12. The number of aromatic nitrogens is 3. The first kappa shape index (κ1) is 8.81. The van der Waals surface area contributed by atoms with Crippen LogP contribution < -0.4 is 4.68 Å². The molecule has 14 heavy (non-hydrogen) atoms. The minimum Gasteiger partial charge on any atom is -0.250 e. The monoisotopic (exact) mass is 186 g/mol. The Balaban J connectivity index is 2.61. The van der Waals surface area contributed by atoms with Crippen LogP contribution in [0.4, 0.5) is 0 Å². The summed E-state index contributed by atoms with van der Waals surface area (Å²) in [5.74, 6) is 0. The summed E-state index contributed by atoms with van der Waals surface area (Å²) in [6.07, 6.45) is 3.57. The van der Waals surface area contributed by atoms with Gasteiger partial charge in [-0.3, -0.25) is 0 Å². The molecule has 0 spiro atoms. The molecule has 0 aliphatic carbocycles. The van der Waals surface area contributed by atoms with Crippen LogP contribution in [0.1, 0.15) is 5.56 Å². The molecule has 0 saturated heterocycles. The molecule has 0 aliphatic heterocycles. The van der Waals surface area contributed by atoms with Gasteiger partial charge in [-0.05, 0) is 29.7 Å². The van der Waals surface area contributed by atoms with Crippen LogP contribution in [0.3, 0.4) is 0 Å². The van der Waals surface area contributed by atoms with Crippen LogP contribution in [0.5, 0.6) is 0 Å². The van der Waals surface area contributed by atoms with Crippen LogP contribution in [-0.4, -0.2) is 10.1 Å². The van der Waals surface area contributed by atoms with Gasteiger partial charge in [-0.2, -0.15) is 0 Å². The highest BCUT2D eigenvalue weighted by atomic mass is 15.2. The largest absolute Gasteiger partial charge is 0.257 e. The second-order valence-electron chi connectivity index (χ2n) is 3.20. The van der Waals surface area contributed by atoms with E-state index in [1.165, 1.54) is 0 Å². The topological polar surface area (TPSA) is 29.7 Å². The van der Waals surface area contributed by atoms with E-state index >= 15 is 0 Å². The average molecular weight is 186 g/mol. The fourth-order valence-corrected chi connectivity index (χ4v) is 1.43. The number of rotatable bonds is 1. The van der Waals surface area contributed by atoms with Gasteiger partial charge < -0.3 is 0 Å². The Morgan fingerprint density at radius 1 is 1.14 bits per heavy atom. The first-order valence-corrected chi connectivity index (χ1v) is 4.52. The number of nitrogens with zero attached hydrogens (tertiary/aromatic N) is 3. The third kappa shape index (κ3) is 1.48. The summed E-state index contributed by atoms with van der Waals surface area (Å²) < 4.78 is 1.83. The number of aryl methyl sites for hydroxylation is 2. The first-order valence-electron chi connectivity index (χ1n) is 4.52. The lowest BCUT2D eigenvalue weighted by atomic mass is 10.1. The quantitative estimate of drug-likeness (QED) is 0.628. The molecule has 0 radical (unpaired) electrons. The molecule has 0 bridgehead atoms. The Morgan fingerprint density at radius 2 is 1.93 bits per heavy atom. The Morgan fingerprint density at radius 3 is 2.64 bits per heavy atom. The number of hydrogen-bond acceptors (Lipinski definition) is 2. The molecule has 0 saturated carbocycles. The standard InChI is InChI=1S/C11H12N3/c1-9-5-3-7-12-11(9)10-6-4-8-13-14(10)2/h3-8H,1-2H3/q+1. The minimum atomic E-state index is 0.989. The summed E-state index contributed by atoms with van der Waals surface area (Å²) in [4.78, 5) is 4.35. The van der Waals surface area contributed by atoms with Gasteiger partial charge in [0.05, 0.1) is 6.20 Å². The van der Waals surface area contributed by atoms with Gasteiger partial charge in [0.1, 0.15) is 5.69 Å². The lowest BCUT2D eigenvalue weighted by molar-refractivity contribution is -0.720. The molecule has 0 amide bonds. The van der Waals surface area contributed by atoms with Crippen molar-refractivity contribution >= 4 is 0 Å². The zero-order valence-corrected chi connectivity index (χ0v) is 8.31. The first-order chi connectivity index (χ1) is 6.79. The van der Waals surface area contributed by atoms with E-state index in [1.54, 1.807) is 12.4 Å². The predicted octanol–water partition coefficient (Wildman–Crippen LogP) is 1.28. The van der Waals surface area contributed by atoms with E-state index in [2.05, 4.69) is 23.1 Å². The van der Waals surface area contributed by atoms with Crippen LogP contribution in [-0.2, 0) is 7.05 Å². The zero-order chi connectivity index (χ0) is 9.97. The van der Waals surface area contributed by atoms with Crippen molar-refractivity contribution < 1.29 is 4.68 Å². The maximum Gasteiger partial charge on any atom is 0.257 e. The summed E-state index contributed by atoms with van der Waals surface area (Å²) >= 11 is 0. The Kier molecular flexibility index (Phi) is 2.23. The second kappa shape index (κ2) is 3.54. The number of hydrogen-bond donors (Lipinski definition) is 0. The summed E-state index contributed by atoms with van der Waals surface area (Å²) in [5, 5.41) is 4.17. The minimum absolute atomic E-state index is 0.989. The van der Waals surface area contributed by atoms with E-state index in [4.69, 9.17) is 0 Å². The van der Waals surface area contributed by atoms with E-state index in [0.717, 1.165) is 17.0 Å². The van der Waals surface area contributed by atoms with Gasteiger partial charge in [0.2, 0.25) is 0 Å². The molecule has 2 aromatic rings. The molecule has 70 valence electrons. The Bertz CT molecular complexity index is 408. The molecule has 2 rings (SSSR count). The molecular weight excluding hydrogens is 174 g/mol. The van der Waals surface area contributed by atoms with Crippen molar-refractivity contribution in [1.82, 2.24) is 10.1 Å². The van der Waals surface area contributed by atoms with Gasteiger partial charge >= 0.3 is 0 Å². The third-order valence-corrected chi connectivity index (χ3v) is 2.18. The fraction of sp³-hybridized carbons (Fsp3) is 0.182. The molecule has 2 heterocycles. The molecule has 0 unspecified atom stereocenters. The van der Waals surface area contributed by atoms with E-state index in [1.807, 2.05) is 29.9 Å². The van der Waals surface area contributed by atoms with Gasteiger partial charge in [0.15, 0.2) is 7.05 Å². The second-order valence-corrected chi connectivity index (χ2v) is 3.20. The highest BCUT2D eigenvalue weighted by molar-refractivity contribution is 5.54. The molecule has 0 atom stereocenters. The average Bonchev–Trinajstić information content (AvgIpc) is 2.20. The van der Waals surface area contributed by atoms with Crippen molar-refractivity contribution in [2.45, 2.75) is 6.92 Å². The van der Waals surface area contributed by atoms with Gasteiger partial charge in [0, 0.05) is 12.3 Å². The molecule has 3 nitrogen and oxygen atoms in total. The molecule has 3 heteroatoms. The summed E-state index contributed by atoms with van der Waals surface area (Å²) in [6, 6.07) is 7.93. The Labute approximate surface area is 83.1 Å². The fourth-order valence-electron chi connectivity index (χ4n) is 1.43. The van der Waals surface area contributed by atoms with E-state index in [-0.39, 0.29) is 0 Å². The lowest BCUT2D eigenvalue weighted by Crippen LogP contribution is -2.35. The lowest BCUT2D eigenvalue weighted by Gasteiger charge is -1.99. The smallest absolute Gasteiger partial charge is 0.250 e. The van der Waals surface area contributed by atoms with Gasteiger partial charge in [-0.1, -0.05) is 10.7 Å². The number of pyridine rings is 1. The molecule has 2 aromatic heterocycles. The van der Waals surface area contributed by atoms with E-state index in [9.17, 15) is 0 Å². The molecule has 0 fully saturated rings. The maximum atomic E-state index is 4.35. The SMILES string of the molecule is Cc1cccnc1-c1cccn[n+]1C. The zero-order valence-electron chi connectivity index (χ0n) is 8.31. The molecule has 0 aromatic carbocycles. The van der Waals surface area contributed by atoms with Crippen molar-refractivity contribution in [3.8, 4) is 11.4 Å². The molecule has 0 N–H and O–H groups in total. The summed E-state index contributed by atoms with van der Waals surface area (Å²) in [7, 11) is 1.92. The van der Waals surface area contributed by atoms with Crippen molar-refractivity contribution in [2.75, 3.05) is 0 Å². The van der Waals surface area contributed by atoms with Crippen molar-refractivity contribution in [3.05, 3.63) is 42.2 Å². The van der Waals surface area contributed by atoms with Crippen LogP contribution >= 0.6 is 0 Å². The van der Waals surface area contributed by atoms with E-state index < -0.39 is 0 Å². The molecule has 0 aliphatic rings. The summed E-state index contributed by atoms with van der Waals surface area (Å²) in [6.45, 7) is 2.05. The third-order valence-electron chi connectivity index (χ3n) is 2.18. The normalized spacial score (nSPS) is 10.1. The Hall–Kier alpha value is -1.77. The van der Waals surface area contributed by atoms with E-state index in [0.29, 0.717) is 0 Å². The van der Waals surface area contributed by atoms with Crippen LogP contribution in [0.2, 0.25) is 0 Å². The summed E-state index contributed by atoms with van der Waals surface area (Å²) in [5.41, 5.74) is 3.19. The molecular formula is C11H12N3+. The van der Waals surface area contributed by atoms with Gasteiger partial charge in [0.25, 0.3) is 5.69 Å². The van der Waals surface area contributed by atoms with Crippen molar-refractivity contribution in [1.29, 1.82) is 0 Å². The highest BCUT2D eigenvalue weighted by Crippen LogP contribution is 2.14. The predicted molar refractivity (Wildman–Crippen MR) is 53.4 cm³/mol. The van der Waals surface area contributed by atoms with Crippen LogP contribution in [0, 0.1) is 6.92 Å². The van der Waals surface area contributed by atoms with Crippen LogP contribution in [0.25, 0.3) is 11.4 Å². The maximum absolute atomic E-state index is 4.35. The van der Waals surface area contributed by atoms with Gasteiger partial charge in [-0.25, -0.2) is 4.98 Å². The van der Waals surface area contributed by atoms with Crippen LogP contribution in [0.15, 0.2) is 36.7 Å². The van der Waals surface area contributed by atoms with Crippen molar-refractivity contribution in [2.24, 2.45) is 7.05 Å². The van der Waals surface area contributed by atoms with Crippen molar-refractivity contribution in [3.63, 3.8) is 0 Å².